The number of hydrogen-bond acceptors (Lipinski definition) is 4. The van der Waals surface area contributed by atoms with E-state index >= 15 is 0 Å². The molecule has 132 valence electrons. The standard InChI is InChI=1S/C19H22N2O4/c1-19(2,3)25-18(23)20-16(17(22)21-24)15-11-9-14(10-12-15)13-7-5-4-6-8-13/h4-12,16,24H,1-3H3,(H,20,23)(H,21,22). The van der Waals surface area contributed by atoms with Crippen LogP contribution in [-0.4, -0.2) is 22.8 Å². The summed E-state index contributed by atoms with van der Waals surface area (Å²) in [6.07, 6.45) is -0.742. The molecule has 2 aromatic rings. The van der Waals surface area contributed by atoms with Gasteiger partial charge in [0.1, 0.15) is 11.6 Å². The molecule has 0 aliphatic heterocycles. The lowest BCUT2D eigenvalue weighted by molar-refractivity contribution is -0.131. The van der Waals surface area contributed by atoms with Crippen molar-refractivity contribution in [3.8, 4) is 11.1 Å². The zero-order valence-electron chi connectivity index (χ0n) is 14.4. The smallest absolute Gasteiger partial charge is 0.408 e. The molecular weight excluding hydrogens is 320 g/mol. The van der Waals surface area contributed by atoms with Crippen LogP contribution >= 0.6 is 0 Å². The molecule has 0 aliphatic carbocycles. The third kappa shape index (κ3) is 5.32. The lowest BCUT2D eigenvalue weighted by Crippen LogP contribution is -2.41. The number of benzene rings is 2. The highest BCUT2D eigenvalue weighted by Gasteiger charge is 2.25. The van der Waals surface area contributed by atoms with Gasteiger partial charge in [-0.15, -0.1) is 0 Å². The van der Waals surface area contributed by atoms with Gasteiger partial charge in [-0.3, -0.25) is 10.0 Å². The fourth-order valence-corrected chi connectivity index (χ4v) is 2.29. The number of nitrogens with one attached hydrogen (secondary N) is 2. The van der Waals surface area contributed by atoms with Crippen LogP contribution in [0.1, 0.15) is 32.4 Å². The van der Waals surface area contributed by atoms with Crippen LogP contribution in [-0.2, 0) is 9.53 Å². The second-order valence-electron chi connectivity index (χ2n) is 6.54. The highest BCUT2D eigenvalue weighted by atomic mass is 16.6. The van der Waals surface area contributed by atoms with E-state index in [9.17, 15) is 9.59 Å². The van der Waals surface area contributed by atoms with E-state index in [1.807, 2.05) is 42.5 Å². The molecule has 0 saturated heterocycles. The van der Waals surface area contributed by atoms with Gasteiger partial charge in [-0.25, -0.2) is 10.3 Å². The maximum Gasteiger partial charge on any atom is 0.408 e. The first kappa shape index (κ1) is 18.5. The van der Waals surface area contributed by atoms with E-state index in [1.54, 1.807) is 38.4 Å². The highest BCUT2D eigenvalue weighted by Crippen LogP contribution is 2.22. The Labute approximate surface area is 146 Å². The minimum absolute atomic E-state index is 0.525. The summed E-state index contributed by atoms with van der Waals surface area (Å²) in [6.45, 7) is 5.17. The van der Waals surface area contributed by atoms with Crippen LogP contribution in [0.5, 0.6) is 0 Å². The molecule has 0 saturated carbocycles. The SMILES string of the molecule is CC(C)(C)OC(=O)NC(C(=O)NO)c1ccc(-c2ccccc2)cc1. The number of amides is 2. The summed E-state index contributed by atoms with van der Waals surface area (Å²) in [5.74, 6) is -0.752. The minimum Gasteiger partial charge on any atom is -0.444 e. The fraction of sp³-hybridized carbons (Fsp3) is 0.263. The lowest BCUT2D eigenvalue weighted by atomic mass is 10.0. The number of carbonyl (C=O) groups is 2. The van der Waals surface area contributed by atoms with Gasteiger partial charge in [0, 0.05) is 0 Å². The molecule has 2 aromatic carbocycles. The van der Waals surface area contributed by atoms with Crippen molar-refractivity contribution >= 4 is 12.0 Å². The number of hydrogen-bond donors (Lipinski definition) is 3. The third-order valence-electron chi connectivity index (χ3n) is 3.38. The van der Waals surface area contributed by atoms with Gasteiger partial charge >= 0.3 is 6.09 Å². The molecule has 0 aromatic heterocycles. The van der Waals surface area contributed by atoms with Crippen LogP contribution < -0.4 is 10.8 Å². The predicted molar refractivity (Wildman–Crippen MR) is 93.9 cm³/mol. The van der Waals surface area contributed by atoms with Crippen molar-refractivity contribution in [1.82, 2.24) is 10.8 Å². The van der Waals surface area contributed by atoms with Crippen LogP contribution in [0.25, 0.3) is 11.1 Å². The van der Waals surface area contributed by atoms with E-state index in [4.69, 9.17) is 9.94 Å². The first-order valence-electron chi connectivity index (χ1n) is 7.89. The minimum atomic E-state index is -1.07. The Hall–Kier alpha value is -2.86. The molecule has 1 atom stereocenters. The van der Waals surface area contributed by atoms with Crippen LogP contribution in [0.2, 0.25) is 0 Å². The number of hydroxylamine groups is 1. The van der Waals surface area contributed by atoms with E-state index in [2.05, 4.69) is 5.32 Å². The summed E-state index contributed by atoms with van der Waals surface area (Å²) in [7, 11) is 0. The quantitative estimate of drug-likeness (QED) is 0.587. The second kappa shape index (κ2) is 7.81. The molecule has 1 unspecified atom stereocenters. The van der Waals surface area contributed by atoms with E-state index in [1.165, 1.54) is 0 Å². The zero-order valence-corrected chi connectivity index (χ0v) is 14.4. The molecule has 6 heteroatoms. The van der Waals surface area contributed by atoms with Gasteiger partial charge in [0.25, 0.3) is 5.91 Å². The van der Waals surface area contributed by atoms with Crippen molar-refractivity contribution in [2.24, 2.45) is 0 Å². The van der Waals surface area contributed by atoms with Gasteiger partial charge in [-0.05, 0) is 37.5 Å². The number of ether oxygens (including phenoxy) is 1. The van der Waals surface area contributed by atoms with Crippen LogP contribution in [0.15, 0.2) is 54.6 Å². The Morgan fingerprint density at radius 1 is 0.960 bits per heavy atom. The van der Waals surface area contributed by atoms with Crippen molar-refractivity contribution < 1.29 is 19.5 Å². The van der Waals surface area contributed by atoms with Crippen molar-refractivity contribution in [3.05, 3.63) is 60.2 Å². The number of alkyl carbamates (subject to hydrolysis) is 1. The van der Waals surface area contributed by atoms with Crippen molar-refractivity contribution in [1.29, 1.82) is 0 Å². The summed E-state index contributed by atoms with van der Waals surface area (Å²) in [5, 5.41) is 11.4. The molecule has 2 amide bonds. The maximum absolute atomic E-state index is 12.0. The number of carbonyl (C=O) groups excluding carboxylic acids is 2. The van der Waals surface area contributed by atoms with Crippen molar-refractivity contribution in [3.63, 3.8) is 0 Å². The van der Waals surface area contributed by atoms with Gasteiger partial charge in [0.2, 0.25) is 0 Å². The summed E-state index contributed by atoms with van der Waals surface area (Å²) >= 11 is 0. The maximum atomic E-state index is 12.0. The Balaban J connectivity index is 2.20. The molecule has 0 aliphatic rings. The molecule has 0 bridgehead atoms. The number of rotatable bonds is 4. The molecule has 0 spiro atoms. The normalized spacial score (nSPS) is 12.2. The summed E-state index contributed by atoms with van der Waals surface area (Å²) < 4.78 is 5.17. The molecule has 0 radical (unpaired) electrons. The Morgan fingerprint density at radius 2 is 1.52 bits per heavy atom. The van der Waals surface area contributed by atoms with Crippen molar-refractivity contribution in [2.45, 2.75) is 32.4 Å². The fourth-order valence-electron chi connectivity index (χ4n) is 2.29. The van der Waals surface area contributed by atoms with E-state index < -0.39 is 23.6 Å². The van der Waals surface area contributed by atoms with Gasteiger partial charge in [0.05, 0.1) is 0 Å². The first-order chi connectivity index (χ1) is 11.8. The van der Waals surface area contributed by atoms with Gasteiger partial charge in [-0.2, -0.15) is 0 Å². The Bertz CT molecular complexity index is 721. The Morgan fingerprint density at radius 3 is 2.04 bits per heavy atom. The molecule has 2 rings (SSSR count). The predicted octanol–water partition coefficient (Wildman–Crippen LogP) is 3.42. The van der Waals surface area contributed by atoms with Crippen LogP contribution in [0, 0.1) is 0 Å². The molecule has 25 heavy (non-hydrogen) atoms. The largest absolute Gasteiger partial charge is 0.444 e. The molecule has 0 fully saturated rings. The molecular formula is C19H22N2O4. The molecule has 6 nitrogen and oxygen atoms in total. The zero-order chi connectivity index (χ0) is 18.4. The monoisotopic (exact) mass is 342 g/mol. The van der Waals surface area contributed by atoms with Crippen LogP contribution in [0.4, 0.5) is 4.79 Å². The summed E-state index contributed by atoms with van der Waals surface area (Å²) in [6, 6.07) is 15.8. The third-order valence-corrected chi connectivity index (χ3v) is 3.38. The van der Waals surface area contributed by atoms with Gasteiger partial charge < -0.3 is 10.1 Å². The molecule has 3 N–H and O–H groups in total. The second-order valence-corrected chi connectivity index (χ2v) is 6.54. The van der Waals surface area contributed by atoms with Gasteiger partial charge in [0.15, 0.2) is 0 Å². The first-order valence-corrected chi connectivity index (χ1v) is 7.89. The van der Waals surface area contributed by atoms with E-state index in [0.29, 0.717) is 5.56 Å². The Kier molecular flexibility index (Phi) is 5.77. The van der Waals surface area contributed by atoms with E-state index in [0.717, 1.165) is 11.1 Å². The topological polar surface area (TPSA) is 87.7 Å². The molecule has 0 heterocycles. The highest BCUT2D eigenvalue weighted by molar-refractivity contribution is 5.86. The summed E-state index contributed by atoms with van der Waals surface area (Å²) in [4.78, 5) is 23.9. The van der Waals surface area contributed by atoms with Crippen LogP contribution in [0.3, 0.4) is 0 Å². The van der Waals surface area contributed by atoms with Crippen molar-refractivity contribution in [2.75, 3.05) is 0 Å². The average Bonchev–Trinajstić information content (AvgIpc) is 2.58. The summed E-state index contributed by atoms with van der Waals surface area (Å²) in [5.41, 5.74) is 3.42. The van der Waals surface area contributed by atoms with E-state index in [-0.39, 0.29) is 0 Å². The average molecular weight is 342 g/mol. The van der Waals surface area contributed by atoms with Gasteiger partial charge in [-0.1, -0.05) is 54.6 Å². The lowest BCUT2D eigenvalue weighted by Gasteiger charge is -2.23.